The Kier molecular flexibility index (Phi) is 5.52. The van der Waals surface area contributed by atoms with Crippen molar-refractivity contribution in [3.8, 4) is 0 Å². The fourth-order valence-electron chi connectivity index (χ4n) is 2.03. The average Bonchev–Trinajstić information content (AvgIpc) is 2.50. The highest BCUT2D eigenvalue weighted by Gasteiger charge is 2.08. The number of aryl methyl sites for hydroxylation is 1. The van der Waals surface area contributed by atoms with Crippen LogP contribution in [0.4, 0.5) is 5.69 Å². The van der Waals surface area contributed by atoms with Crippen molar-refractivity contribution in [3.05, 3.63) is 56.4 Å². The number of aromatic nitrogens is 2. The van der Waals surface area contributed by atoms with Gasteiger partial charge in [-0.1, -0.05) is 24.3 Å². The summed E-state index contributed by atoms with van der Waals surface area (Å²) in [5.74, 6) is 0. The monoisotopic (exact) mass is 351 g/mol. The summed E-state index contributed by atoms with van der Waals surface area (Å²) < 4.78 is 7.11. The molecule has 0 spiro atoms. The number of nitrogens with one attached hydrogen (secondary N) is 1. The zero-order valence-electron chi connectivity index (χ0n) is 12.1. The standard InChI is InChI=1S/C15H18BrN3O2/c1-3-19-15(20)14(16)13(9-18-19)17-8-11-6-4-5-7-12(11)10-21-2/h4-7,9,17H,3,8,10H2,1-2H3. The van der Waals surface area contributed by atoms with E-state index in [1.807, 2.05) is 31.2 Å². The zero-order chi connectivity index (χ0) is 15.2. The maximum atomic E-state index is 12.0. The molecule has 21 heavy (non-hydrogen) atoms. The molecule has 1 aromatic heterocycles. The van der Waals surface area contributed by atoms with Gasteiger partial charge in [0.15, 0.2) is 0 Å². The van der Waals surface area contributed by atoms with Crippen molar-refractivity contribution < 1.29 is 4.74 Å². The fraction of sp³-hybridized carbons (Fsp3) is 0.333. The maximum Gasteiger partial charge on any atom is 0.283 e. The fourth-order valence-corrected chi connectivity index (χ4v) is 2.48. The number of ether oxygens (including phenoxy) is 1. The van der Waals surface area contributed by atoms with Gasteiger partial charge in [-0.2, -0.15) is 5.10 Å². The Morgan fingerprint density at radius 2 is 2.05 bits per heavy atom. The van der Waals surface area contributed by atoms with E-state index in [1.54, 1.807) is 13.3 Å². The Morgan fingerprint density at radius 1 is 1.33 bits per heavy atom. The first-order chi connectivity index (χ1) is 10.2. The number of methoxy groups -OCH3 is 1. The van der Waals surface area contributed by atoms with Gasteiger partial charge in [-0.3, -0.25) is 4.79 Å². The van der Waals surface area contributed by atoms with Crippen molar-refractivity contribution in [3.63, 3.8) is 0 Å². The molecule has 0 amide bonds. The molecule has 0 aliphatic rings. The van der Waals surface area contributed by atoms with Crippen LogP contribution in [0.15, 0.2) is 39.7 Å². The van der Waals surface area contributed by atoms with E-state index in [4.69, 9.17) is 4.74 Å². The Hall–Kier alpha value is -1.66. The Morgan fingerprint density at radius 3 is 2.71 bits per heavy atom. The van der Waals surface area contributed by atoms with Crippen molar-refractivity contribution >= 4 is 21.6 Å². The van der Waals surface area contributed by atoms with Crippen molar-refractivity contribution in [2.45, 2.75) is 26.6 Å². The lowest BCUT2D eigenvalue weighted by Gasteiger charge is -2.12. The molecule has 0 aliphatic heterocycles. The third kappa shape index (κ3) is 3.71. The van der Waals surface area contributed by atoms with Gasteiger partial charge in [0.1, 0.15) is 4.47 Å². The SMILES string of the molecule is CCn1ncc(NCc2ccccc2COC)c(Br)c1=O. The predicted octanol–water partition coefficient (Wildman–Crippen LogP) is 2.78. The summed E-state index contributed by atoms with van der Waals surface area (Å²) in [6.07, 6.45) is 1.66. The largest absolute Gasteiger partial charge is 0.380 e. The quantitative estimate of drug-likeness (QED) is 0.869. The molecule has 0 saturated carbocycles. The molecule has 0 unspecified atom stereocenters. The van der Waals surface area contributed by atoms with Gasteiger partial charge in [-0.05, 0) is 34.0 Å². The van der Waals surface area contributed by atoms with Gasteiger partial charge in [-0.15, -0.1) is 0 Å². The number of hydrogen-bond donors (Lipinski definition) is 1. The number of rotatable bonds is 6. The van der Waals surface area contributed by atoms with Gasteiger partial charge in [-0.25, -0.2) is 4.68 Å². The van der Waals surface area contributed by atoms with Gasteiger partial charge in [0.25, 0.3) is 5.56 Å². The average molecular weight is 352 g/mol. The first-order valence-corrected chi connectivity index (χ1v) is 7.51. The minimum atomic E-state index is -0.132. The maximum absolute atomic E-state index is 12.0. The number of nitrogens with zero attached hydrogens (tertiary/aromatic N) is 2. The minimum Gasteiger partial charge on any atom is -0.380 e. The van der Waals surface area contributed by atoms with Crippen molar-refractivity contribution in [1.82, 2.24) is 9.78 Å². The highest BCUT2D eigenvalue weighted by molar-refractivity contribution is 9.10. The minimum absolute atomic E-state index is 0.132. The molecule has 112 valence electrons. The zero-order valence-corrected chi connectivity index (χ0v) is 13.7. The van der Waals surface area contributed by atoms with Gasteiger partial charge in [0.2, 0.25) is 0 Å². The van der Waals surface area contributed by atoms with Crippen LogP contribution in [0.3, 0.4) is 0 Å². The lowest BCUT2D eigenvalue weighted by Crippen LogP contribution is -2.23. The molecule has 0 bridgehead atoms. The predicted molar refractivity (Wildman–Crippen MR) is 86.4 cm³/mol. The summed E-state index contributed by atoms with van der Waals surface area (Å²) in [7, 11) is 1.68. The second-order valence-corrected chi connectivity index (χ2v) is 5.34. The Labute approximate surface area is 132 Å². The number of halogens is 1. The van der Waals surface area contributed by atoms with E-state index >= 15 is 0 Å². The third-order valence-corrected chi connectivity index (χ3v) is 3.94. The number of hydrogen-bond acceptors (Lipinski definition) is 4. The van der Waals surface area contributed by atoms with Crippen molar-refractivity contribution in [1.29, 1.82) is 0 Å². The van der Waals surface area contributed by atoms with E-state index < -0.39 is 0 Å². The smallest absolute Gasteiger partial charge is 0.283 e. The Balaban J connectivity index is 2.17. The van der Waals surface area contributed by atoms with Gasteiger partial charge >= 0.3 is 0 Å². The summed E-state index contributed by atoms with van der Waals surface area (Å²) in [5.41, 5.74) is 2.81. The van der Waals surface area contributed by atoms with Gasteiger partial charge in [0, 0.05) is 20.2 Å². The molecule has 2 aromatic rings. The van der Waals surface area contributed by atoms with Crippen LogP contribution in [0.2, 0.25) is 0 Å². The molecule has 1 N–H and O–H groups in total. The highest BCUT2D eigenvalue weighted by Crippen LogP contribution is 2.18. The summed E-state index contributed by atoms with van der Waals surface area (Å²) in [5, 5.41) is 7.36. The van der Waals surface area contributed by atoms with Crippen LogP contribution in [0.1, 0.15) is 18.1 Å². The third-order valence-electron chi connectivity index (χ3n) is 3.17. The van der Waals surface area contributed by atoms with E-state index in [2.05, 4.69) is 26.3 Å². The molecule has 1 aromatic carbocycles. The van der Waals surface area contributed by atoms with E-state index in [0.29, 0.717) is 29.9 Å². The lowest BCUT2D eigenvalue weighted by molar-refractivity contribution is 0.184. The molecule has 6 heteroatoms. The highest BCUT2D eigenvalue weighted by atomic mass is 79.9. The molecule has 0 atom stereocenters. The van der Waals surface area contributed by atoms with Crippen LogP contribution >= 0.6 is 15.9 Å². The van der Waals surface area contributed by atoms with Gasteiger partial charge < -0.3 is 10.1 Å². The molecule has 0 radical (unpaired) electrons. The van der Waals surface area contributed by atoms with Crippen LogP contribution in [0.5, 0.6) is 0 Å². The first-order valence-electron chi connectivity index (χ1n) is 6.72. The van der Waals surface area contributed by atoms with Crippen LogP contribution in [-0.2, 0) is 24.4 Å². The first kappa shape index (κ1) is 15.7. The number of anilines is 1. The lowest BCUT2D eigenvalue weighted by atomic mass is 10.1. The Bertz CT molecular complexity index is 670. The van der Waals surface area contributed by atoms with Crippen LogP contribution in [0, 0.1) is 0 Å². The van der Waals surface area contributed by atoms with Crippen LogP contribution in [-0.4, -0.2) is 16.9 Å². The molecule has 0 saturated heterocycles. The molecule has 2 rings (SSSR count). The summed E-state index contributed by atoms with van der Waals surface area (Å²) in [4.78, 5) is 12.0. The van der Waals surface area contributed by atoms with Crippen molar-refractivity contribution in [2.24, 2.45) is 0 Å². The number of benzene rings is 1. The summed E-state index contributed by atoms with van der Waals surface area (Å²) in [6, 6.07) is 8.04. The van der Waals surface area contributed by atoms with Crippen LogP contribution < -0.4 is 10.9 Å². The molecular formula is C15H18BrN3O2. The van der Waals surface area contributed by atoms with Crippen molar-refractivity contribution in [2.75, 3.05) is 12.4 Å². The molecular weight excluding hydrogens is 334 g/mol. The van der Waals surface area contributed by atoms with Gasteiger partial charge in [0.05, 0.1) is 18.5 Å². The summed E-state index contributed by atoms with van der Waals surface area (Å²) >= 11 is 3.33. The van der Waals surface area contributed by atoms with E-state index in [9.17, 15) is 4.79 Å². The molecule has 0 aliphatic carbocycles. The summed E-state index contributed by atoms with van der Waals surface area (Å²) in [6.45, 7) is 3.60. The normalized spacial score (nSPS) is 10.6. The molecule has 1 heterocycles. The van der Waals surface area contributed by atoms with E-state index in [1.165, 1.54) is 4.68 Å². The topological polar surface area (TPSA) is 56.1 Å². The van der Waals surface area contributed by atoms with E-state index in [-0.39, 0.29) is 5.56 Å². The van der Waals surface area contributed by atoms with Crippen LogP contribution in [0.25, 0.3) is 0 Å². The second kappa shape index (κ2) is 7.38. The second-order valence-electron chi connectivity index (χ2n) is 4.55. The molecule has 0 fully saturated rings. The molecule has 5 nitrogen and oxygen atoms in total. The van der Waals surface area contributed by atoms with E-state index in [0.717, 1.165) is 11.1 Å².